The van der Waals surface area contributed by atoms with Gasteiger partial charge in [-0.25, -0.2) is 0 Å². The fourth-order valence-corrected chi connectivity index (χ4v) is 0.330. The van der Waals surface area contributed by atoms with Crippen LogP contribution in [0.25, 0.3) is 0 Å². The Kier molecular flexibility index (Phi) is 5.80. The highest BCUT2D eigenvalue weighted by molar-refractivity contribution is 7.78. The van der Waals surface area contributed by atoms with Gasteiger partial charge in [-0.2, -0.15) is 0 Å². The van der Waals surface area contributed by atoms with Crippen molar-refractivity contribution in [2.75, 3.05) is 6.61 Å². The van der Waals surface area contributed by atoms with E-state index in [0.717, 1.165) is 12.8 Å². The van der Waals surface area contributed by atoms with Gasteiger partial charge in [0.05, 0.1) is 6.61 Å². The molecule has 1 radical (unpaired) electrons. The zero-order chi connectivity index (χ0) is 5.54. The lowest BCUT2D eigenvalue weighted by Gasteiger charge is -1.92. The van der Waals surface area contributed by atoms with Crippen molar-refractivity contribution < 1.29 is 4.74 Å². The Morgan fingerprint density at radius 1 is 1.71 bits per heavy atom. The highest BCUT2D eigenvalue weighted by Gasteiger charge is 1.77. The van der Waals surface area contributed by atoms with Gasteiger partial charge in [-0.3, -0.25) is 0 Å². The molecule has 0 aromatic carbocycles. The van der Waals surface area contributed by atoms with E-state index in [9.17, 15) is 0 Å². The Bertz CT molecular complexity index is 45.3. The molecule has 0 aliphatic heterocycles. The van der Waals surface area contributed by atoms with Gasteiger partial charge >= 0.3 is 0 Å². The van der Waals surface area contributed by atoms with Crippen molar-refractivity contribution in [1.82, 2.24) is 0 Å². The topological polar surface area (TPSA) is 9.23 Å². The summed E-state index contributed by atoms with van der Waals surface area (Å²) in [6, 6.07) is 0. The average Bonchev–Trinajstić information content (AvgIpc) is 1.69. The van der Waals surface area contributed by atoms with Crippen LogP contribution in [0.3, 0.4) is 0 Å². The molecule has 0 unspecified atom stereocenters. The standard InChI is InChI=1S/C5H9OS/c1-2-3-4-6-5-7/h5H,1-4H2. The van der Waals surface area contributed by atoms with Crippen LogP contribution < -0.4 is 0 Å². The number of ether oxygens (including phenoxy) is 1. The summed E-state index contributed by atoms with van der Waals surface area (Å²) < 4.78 is 4.72. The van der Waals surface area contributed by atoms with Crippen molar-refractivity contribution in [1.29, 1.82) is 0 Å². The first-order chi connectivity index (χ1) is 3.41. The van der Waals surface area contributed by atoms with Crippen LogP contribution in [0, 0.1) is 6.92 Å². The van der Waals surface area contributed by atoms with Gasteiger partial charge in [0.25, 0.3) is 0 Å². The predicted octanol–water partition coefficient (Wildman–Crippen LogP) is 1.57. The molecule has 0 aromatic rings. The summed E-state index contributed by atoms with van der Waals surface area (Å²) in [5.74, 6) is 0. The van der Waals surface area contributed by atoms with Crippen LogP contribution in [0.1, 0.15) is 12.8 Å². The van der Waals surface area contributed by atoms with Crippen LogP contribution in [0.4, 0.5) is 0 Å². The minimum absolute atomic E-state index is 0.715. The van der Waals surface area contributed by atoms with E-state index in [1.807, 2.05) is 0 Å². The molecule has 0 bridgehead atoms. The number of hydrogen-bond acceptors (Lipinski definition) is 2. The summed E-state index contributed by atoms with van der Waals surface area (Å²) in [5.41, 5.74) is 1.29. The lowest BCUT2D eigenvalue weighted by molar-refractivity contribution is 0.320. The fraction of sp³-hybridized carbons (Fsp3) is 0.600. The second kappa shape index (κ2) is 5.89. The second-order valence-corrected chi connectivity index (χ2v) is 1.37. The van der Waals surface area contributed by atoms with Gasteiger partial charge in [0, 0.05) is 0 Å². The van der Waals surface area contributed by atoms with Crippen molar-refractivity contribution in [3.05, 3.63) is 6.92 Å². The van der Waals surface area contributed by atoms with Gasteiger partial charge in [-0.15, -0.1) is 0 Å². The molecule has 0 fully saturated rings. The number of thiocarbonyl (C=S) groups is 1. The van der Waals surface area contributed by atoms with Crippen molar-refractivity contribution >= 4 is 17.8 Å². The van der Waals surface area contributed by atoms with Gasteiger partial charge in [0.15, 0.2) is 0 Å². The van der Waals surface area contributed by atoms with E-state index in [1.165, 1.54) is 5.55 Å². The summed E-state index contributed by atoms with van der Waals surface area (Å²) in [4.78, 5) is 0. The average molecular weight is 117 g/mol. The third-order valence-electron chi connectivity index (χ3n) is 0.580. The molecular formula is C5H9OS. The lowest BCUT2D eigenvalue weighted by Crippen LogP contribution is -1.87. The molecule has 0 aromatic heterocycles. The summed E-state index contributed by atoms with van der Waals surface area (Å²) in [6.45, 7) is 4.34. The molecule has 41 valence electrons. The minimum Gasteiger partial charge on any atom is -0.490 e. The third kappa shape index (κ3) is 5.89. The third-order valence-corrected chi connectivity index (χ3v) is 0.716. The Labute approximate surface area is 49.7 Å². The summed E-state index contributed by atoms with van der Waals surface area (Å²) in [7, 11) is 0. The van der Waals surface area contributed by atoms with E-state index in [1.54, 1.807) is 0 Å². The highest BCUT2D eigenvalue weighted by atomic mass is 32.1. The quantitative estimate of drug-likeness (QED) is 0.408. The van der Waals surface area contributed by atoms with Crippen molar-refractivity contribution in [2.24, 2.45) is 0 Å². The molecule has 0 saturated heterocycles. The largest absolute Gasteiger partial charge is 0.490 e. The van der Waals surface area contributed by atoms with Crippen LogP contribution in [0.15, 0.2) is 0 Å². The lowest BCUT2D eigenvalue weighted by atomic mass is 10.4. The van der Waals surface area contributed by atoms with E-state index >= 15 is 0 Å². The number of rotatable bonds is 4. The van der Waals surface area contributed by atoms with Crippen LogP contribution in [0.2, 0.25) is 0 Å². The Balaban J connectivity index is 2.56. The first-order valence-corrected chi connectivity index (χ1v) is 2.73. The van der Waals surface area contributed by atoms with Gasteiger partial charge < -0.3 is 4.74 Å². The molecular weight excluding hydrogens is 108 g/mol. The van der Waals surface area contributed by atoms with E-state index in [2.05, 4.69) is 19.1 Å². The number of hydrogen-bond donors (Lipinski definition) is 0. The molecule has 0 amide bonds. The van der Waals surface area contributed by atoms with E-state index < -0.39 is 0 Å². The number of unbranched alkanes of at least 4 members (excludes halogenated alkanes) is 1. The predicted molar refractivity (Wildman–Crippen MR) is 34.2 cm³/mol. The maximum Gasteiger partial charge on any atom is 0.146 e. The van der Waals surface area contributed by atoms with Crippen LogP contribution in [-0.4, -0.2) is 12.2 Å². The minimum atomic E-state index is 0.715. The molecule has 0 atom stereocenters. The van der Waals surface area contributed by atoms with Crippen LogP contribution in [-0.2, 0) is 4.74 Å². The first kappa shape index (κ1) is 6.89. The van der Waals surface area contributed by atoms with Gasteiger partial charge in [-0.05, 0) is 18.6 Å². The molecule has 0 heterocycles. The fourth-order valence-electron chi connectivity index (χ4n) is 0.234. The monoisotopic (exact) mass is 117 g/mol. The molecule has 2 heteroatoms. The molecule has 0 saturated carbocycles. The zero-order valence-corrected chi connectivity index (χ0v) is 5.04. The van der Waals surface area contributed by atoms with E-state index in [0.29, 0.717) is 6.61 Å². The maximum absolute atomic E-state index is 4.72. The van der Waals surface area contributed by atoms with Crippen molar-refractivity contribution in [3.63, 3.8) is 0 Å². The van der Waals surface area contributed by atoms with Crippen LogP contribution in [0.5, 0.6) is 0 Å². The second-order valence-electron chi connectivity index (χ2n) is 1.17. The SMILES string of the molecule is [CH2]CCCOC=S. The maximum atomic E-state index is 4.72. The van der Waals surface area contributed by atoms with Gasteiger partial charge in [0.2, 0.25) is 0 Å². The zero-order valence-electron chi connectivity index (χ0n) is 4.22. The normalized spacial score (nSPS) is 8.14. The van der Waals surface area contributed by atoms with Crippen molar-refractivity contribution in [3.8, 4) is 0 Å². The molecule has 0 aliphatic rings. The Morgan fingerprint density at radius 3 is 2.86 bits per heavy atom. The summed E-state index contributed by atoms with van der Waals surface area (Å²) in [5, 5.41) is 0. The Morgan fingerprint density at radius 2 is 2.43 bits per heavy atom. The van der Waals surface area contributed by atoms with Gasteiger partial charge in [-0.1, -0.05) is 13.3 Å². The van der Waals surface area contributed by atoms with Crippen molar-refractivity contribution in [2.45, 2.75) is 12.8 Å². The molecule has 7 heavy (non-hydrogen) atoms. The Hall–Kier alpha value is -0.110. The molecule has 0 N–H and O–H groups in total. The molecule has 0 aliphatic carbocycles. The van der Waals surface area contributed by atoms with E-state index in [4.69, 9.17) is 4.74 Å². The van der Waals surface area contributed by atoms with E-state index in [-0.39, 0.29) is 0 Å². The van der Waals surface area contributed by atoms with Crippen LogP contribution >= 0.6 is 12.2 Å². The molecule has 0 rings (SSSR count). The highest BCUT2D eigenvalue weighted by Crippen LogP contribution is 1.83. The smallest absolute Gasteiger partial charge is 0.146 e. The summed E-state index contributed by atoms with van der Waals surface area (Å²) >= 11 is 4.40. The summed E-state index contributed by atoms with van der Waals surface area (Å²) in [6.07, 6.45) is 1.91. The molecule has 1 nitrogen and oxygen atoms in total. The molecule has 0 spiro atoms. The van der Waals surface area contributed by atoms with Gasteiger partial charge in [0.1, 0.15) is 5.55 Å². The first-order valence-electron chi connectivity index (χ1n) is 2.26.